The lowest BCUT2D eigenvalue weighted by Crippen LogP contribution is -2.46. The summed E-state index contributed by atoms with van der Waals surface area (Å²) in [5, 5.41) is 4.83. The van der Waals surface area contributed by atoms with E-state index in [1.54, 1.807) is 0 Å². The van der Waals surface area contributed by atoms with Crippen molar-refractivity contribution >= 4 is 11.8 Å². The minimum Gasteiger partial charge on any atom is -0.312 e. The Morgan fingerprint density at radius 1 is 1.24 bits per heavy atom. The van der Waals surface area contributed by atoms with Gasteiger partial charge in [0.2, 0.25) is 0 Å². The largest absolute Gasteiger partial charge is 0.312 e. The Bertz CT molecular complexity index is 295. The van der Waals surface area contributed by atoms with Gasteiger partial charge in [-0.05, 0) is 54.6 Å². The summed E-state index contributed by atoms with van der Waals surface area (Å²) < 4.78 is 0. The van der Waals surface area contributed by atoms with E-state index in [2.05, 4.69) is 37.8 Å². The van der Waals surface area contributed by atoms with Gasteiger partial charge < -0.3 is 5.32 Å². The van der Waals surface area contributed by atoms with Gasteiger partial charge in [-0.15, -0.1) is 0 Å². The van der Waals surface area contributed by atoms with Crippen LogP contribution in [0.15, 0.2) is 0 Å². The van der Waals surface area contributed by atoms with Crippen molar-refractivity contribution in [2.75, 3.05) is 12.3 Å². The molecule has 98 valence electrons. The second-order valence-electron chi connectivity index (χ2n) is 7.21. The molecule has 2 bridgehead atoms. The molecular formula is C15H27NS. The van der Waals surface area contributed by atoms with Gasteiger partial charge >= 0.3 is 0 Å². The van der Waals surface area contributed by atoms with E-state index in [0.717, 1.165) is 17.2 Å². The molecule has 17 heavy (non-hydrogen) atoms. The van der Waals surface area contributed by atoms with Gasteiger partial charge in [0, 0.05) is 17.8 Å². The minimum absolute atomic E-state index is 0.556. The zero-order valence-corrected chi connectivity index (χ0v) is 12.4. The van der Waals surface area contributed by atoms with Crippen LogP contribution in [0.3, 0.4) is 0 Å². The highest BCUT2D eigenvalue weighted by Crippen LogP contribution is 2.65. The third kappa shape index (κ3) is 1.78. The van der Waals surface area contributed by atoms with Gasteiger partial charge in [-0.2, -0.15) is 11.8 Å². The number of rotatable bonds is 3. The number of hydrogen-bond acceptors (Lipinski definition) is 2. The standard InChI is InChI=1S/C15H27NS/c1-14(2)11-6-7-15(14,3)13(9-11)16-10-12-5-4-8-17-12/h11-13,16H,4-10H2,1-3H3. The molecule has 1 aliphatic heterocycles. The van der Waals surface area contributed by atoms with Crippen molar-refractivity contribution in [2.24, 2.45) is 16.7 Å². The summed E-state index contributed by atoms with van der Waals surface area (Å²) in [6, 6.07) is 0.789. The SMILES string of the molecule is CC1(C)C2CCC1(C)C(NCC1CCCS1)C2. The van der Waals surface area contributed by atoms with Crippen LogP contribution in [0.2, 0.25) is 0 Å². The zero-order valence-electron chi connectivity index (χ0n) is 11.6. The van der Waals surface area contributed by atoms with Crippen molar-refractivity contribution in [3.8, 4) is 0 Å². The lowest BCUT2D eigenvalue weighted by Gasteiger charge is -2.40. The average molecular weight is 253 g/mol. The fraction of sp³-hybridized carbons (Fsp3) is 1.00. The molecule has 0 aromatic rings. The lowest BCUT2D eigenvalue weighted by atomic mass is 9.69. The first-order valence-electron chi connectivity index (χ1n) is 7.39. The zero-order chi connectivity index (χ0) is 12.1. The lowest BCUT2D eigenvalue weighted by molar-refractivity contribution is 0.121. The van der Waals surface area contributed by atoms with Crippen LogP contribution in [0.25, 0.3) is 0 Å². The molecular weight excluding hydrogens is 226 g/mol. The second kappa shape index (κ2) is 4.16. The molecule has 0 spiro atoms. The van der Waals surface area contributed by atoms with Crippen molar-refractivity contribution in [1.29, 1.82) is 0 Å². The highest BCUT2D eigenvalue weighted by atomic mass is 32.2. The molecule has 2 aliphatic carbocycles. The Kier molecular flexibility index (Phi) is 3.02. The Balaban J connectivity index is 1.62. The van der Waals surface area contributed by atoms with E-state index >= 15 is 0 Å². The maximum atomic E-state index is 3.93. The summed E-state index contributed by atoms with van der Waals surface area (Å²) >= 11 is 2.18. The van der Waals surface area contributed by atoms with E-state index in [1.807, 2.05) is 0 Å². The van der Waals surface area contributed by atoms with Gasteiger partial charge in [0.1, 0.15) is 0 Å². The quantitative estimate of drug-likeness (QED) is 0.823. The third-order valence-corrected chi connectivity index (χ3v) is 7.81. The molecule has 0 aromatic carbocycles. The molecule has 3 fully saturated rings. The summed E-state index contributed by atoms with van der Waals surface area (Å²) in [5.41, 5.74) is 1.12. The van der Waals surface area contributed by atoms with E-state index in [1.165, 1.54) is 44.4 Å². The fourth-order valence-electron chi connectivity index (χ4n) is 4.59. The average Bonchev–Trinajstić information content (AvgIpc) is 2.91. The van der Waals surface area contributed by atoms with Gasteiger partial charge in [0.15, 0.2) is 0 Å². The van der Waals surface area contributed by atoms with E-state index in [0.29, 0.717) is 10.8 Å². The maximum Gasteiger partial charge on any atom is 0.0172 e. The minimum atomic E-state index is 0.556. The summed E-state index contributed by atoms with van der Waals surface area (Å²) in [6.45, 7) is 8.82. The van der Waals surface area contributed by atoms with Gasteiger partial charge in [-0.1, -0.05) is 20.8 Å². The van der Waals surface area contributed by atoms with E-state index in [9.17, 15) is 0 Å². The molecule has 4 unspecified atom stereocenters. The summed E-state index contributed by atoms with van der Waals surface area (Å²) in [7, 11) is 0. The smallest absolute Gasteiger partial charge is 0.0172 e. The number of nitrogens with one attached hydrogen (secondary N) is 1. The molecule has 2 heteroatoms. The molecule has 4 atom stereocenters. The van der Waals surface area contributed by atoms with Crippen LogP contribution in [0.5, 0.6) is 0 Å². The molecule has 0 aromatic heterocycles. The van der Waals surface area contributed by atoms with Crippen molar-refractivity contribution in [2.45, 2.75) is 64.2 Å². The van der Waals surface area contributed by atoms with Crippen LogP contribution < -0.4 is 5.32 Å². The van der Waals surface area contributed by atoms with Crippen molar-refractivity contribution in [3.05, 3.63) is 0 Å². The van der Waals surface area contributed by atoms with E-state index < -0.39 is 0 Å². The third-order valence-electron chi connectivity index (χ3n) is 6.41. The number of hydrogen-bond donors (Lipinski definition) is 1. The van der Waals surface area contributed by atoms with Crippen LogP contribution in [-0.2, 0) is 0 Å². The molecule has 2 saturated carbocycles. The Labute approximate surface area is 111 Å². The topological polar surface area (TPSA) is 12.0 Å². The molecule has 1 heterocycles. The predicted octanol–water partition coefficient (Wildman–Crippen LogP) is 3.69. The molecule has 3 aliphatic rings. The molecule has 0 radical (unpaired) electrons. The van der Waals surface area contributed by atoms with Gasteiger partial charge in [-0.3, -0.25) is 0 Å². The van der Waals surface area contributed by atoms with Crippen LogP contribution in [0.4, 0.5) is 0 Å². The number of fused-ring (bicyclic) bond motifs is 2. The van der Waals surface area contributed by atoms with Crippen LogP contribution in [-0.4, -0.2) is 23.6 Å². The van der Waals surface area contributed by atoms with Crippen molar-refractivity contribution in [3.63, 3.8) is 0 Å². The highest BCUT2D eigenvalue weighted by Gasteiger charge is 2.60. The normalized spacial score (nSPS) is 47.8. The fourth-order valence-corrected chi connectivity index (χ4v) is 5.81. The molecule has 0 amide bonds. The molecule has 1 nitrogen and oxygen atoms in total. The second-order valence-corrected chi connectivity index (χ2v) is 8.61. The summed E-state index contributed by atoms with van der Waals surface area (Å²) in [5.74, 6) is 2.36. The van der Waals surface area contributed by atoms with Crippen LogP contribution >= 0.6 is 11.8 Å². The van der Waals surface area contributed by atoms with Gasteiger partial charge in [0.25, 0.3) is 0 Å². The van der Waals surface area contributed by atoms with Crippen LogP contribution in [0, 0.1) is 16.7 Å². The van der Waals surface area contributed by atoms with E-state index in [-0.39, 0.29) is 0 Å². The van der Waals surface area contributed by atoms with E-state index in [4.69, 9.17) is 0 Å². The monoisotopic (exact) mass is 253 g/mol. The van der Waals surface area contributed by atoms with Gasteiger partial charge in [-0.25, -0.2) is 0 Å². The summed E-state index contributed by atoms with van der Waals surface area (Å²) in [6.07, 6.45) is 7.22. The Morgan fingerprint density at radius 2 is 2.06 bits per heavy atom. The first-order chi connectivity index (χ1) is 8.04. The number of thioether (sulfide) groups is 1. The molecule has 1 N–H and O–H groups in total. The van der Waals surface area contributed by atoms with Gasteiger partial charge in [0.05, 0.1) is 0 Å². The highest BCUT2D eigenvalue weighted by molar-refractivity contribution is 8.00. The first-order valence-corrected chi connectivity index (χ1v) is 8.44. The summed E-state index contributed by atoms with van der Waals surface area (Å²) in [4.78, 5) is 0. The van der Waals surface area contributed by atoms with Crippen molar-refractivity contribution in [1.82, 2.24) is 5.32 Å². The Morgan fingerprint density at radius 3 is 2.59 bits per heavy atom. The van der Waals surface area contributed by atoms with Crippen LogP contribution in [0.1, 0.15) is 52.9 Å². The Hall–Kier alpha value is 0.310. The molecule has 1 saturated heterocycles. The predicted molar refractivity (Wildman–Crippen MR) is 76.5 cm³/mol. The maximum absolute atomic E-state index is 3.93. The first kappa shape index (κ1) is 12.3. The van der Waals surface area contributed by atoms with Crippen molar-refractivity contribution < 1.29 is 0 Å². The molecule has 3 rings (SSSR count).